The van der Waals surface area contributed by atoms with Gasteiger partial charge < -0.3 is 29.3 Å². The highest BCUT2D eigenvalue weighted by molar-refractivity contribution is 7.47. The van der Waals surface area contributed by atoms with Gasteiger partial charge in [-0.25, -0.2) is 9.13 Å². The average molecular weight is 877 g/mol. The molecule has 0 aromatic heterocycles. The van der Waals surface area contributed by atoms with Gasteiger partial charge in [0.1, 0.15) is 12.7 Å². The Morgan fingerprint density at radius 3 is 1.42 bits per heavy atom. The quantitative estimate of drug-likeness (QED) is 0.0196. The maximum absolute atomic E-state index is 12.7. The Kier molecular flexibility index (Phi) is 38.5. The number of ether oxygens (including phenoxy) is 2. The zero-order valence-electron chi connectivity index (χ0n) is 36.1. The van der Waals surface area contributed by atoms with Crippen LogP contribution < -0.4 is 0 Å². The Bertz CT molecular complexity index is 1280. The highest BCUT2D eigenvalue weighted by Crippen LogP contribution is 2.43. The molecule has 0 radical (unpaired) electrons. The Labute approximate surface area is 355 Å². The van der Waals surface area contributed by atoms with Crippen molar-refractivity contribution in [3.63, 3.8) is 0 Å². The normalized spacial score (nSPS) is 14.6. The lowest BCUT2D eigenvalue weighted by molar-refractivity contribution is -0.161. The molecule has 0 aliphatic heterocycles. The largest absolute Gasteiger partial charge is 0.472 e. The van der Waals surface area contributed by atoms with Gasteiger partial charge in [-0.05, 0) is 83.5 Å². The third-order valence-electron chi connectivity index (χ3n) is 8.87. The molecule has 0 saturated heterocycles. The lowest BCUT2D eigenvalue weighted by atomic mass is 10.1. The first kappa shape index (κ1) is 56.8. The van der Waals surface area contributed by atoms with Gasteiger partial charge in [-0.1, -0.05) is 132 Å². The molecule has 15 heteroatoms. The van der Waals surface area contributed by atoms with E-state index in [4.69, 9.17) is 23.8 Å². The number of phosphoric ester groups is 2. The third kappa shape index (κ3) is 43.7. The molecule has 0 fully saturated rings. The summed E-state index contributed by atoms with van der Waals surface area (Å²) < 4.78 is 47.7. The second kappa shape index (κ2) is 39.9. The molecule has 13 nitrogen and oxygen atoms in total. The van der Waals surface area contributed by atoms with E-state index in [1.165, 1.54) is 44.9 Å². The maximum Gasteiger partial charge on any atom is 0.472 e. The predicted molar refractivity (Wildman–Crippen MR) is 234 cm³/mol. The van der Waals surface area contributed by atoms with Gasteiger partial charge in [0.05, 0.1) is 19.8 Å². The number of aliphatic hydroxyl groups is 1. The zero-order valence-corrected chi connectivity index (χ0v) is 37.9. The molecule has 0 spiro atoms. The van der Waals surface area contributed by atoms with Gasteiger partial charge in [-0.3, -0.25) is 23.2 Å². The van der Waals surface area contributed by atoms with Crippen molar-refractivity contribution in [2.75, 3.05) is 26.4 Å². The van der Waals surface area contributed by atoms with Crippen LogP contribution in [-0.2, 0) is 41.8 Å². The number of esters is 2. The summed E-state index contributed by atoms with van der Waals surface area (Å²) in [5, 5.41) is 9.74. The van der Waals surface area contributed by atoms with Crippen LogP contribution in [0.4, 0.5) is 0 Å². The highest BCUT2D eigenvalue weighted by atomic mass is 31.2. The Morgan fingerprint density at radius 1 is 0.492 bits per heavy atom. The minimum absolute atomic E-state index is 0.0901. The molecule has 0 aromatic rings. The van der Waals surface area contributed by atoms with Crippen LogP contribution in [0.15, 0.2) is 60.8 Å². The number of carbonyl (C=O) groups excluding carboxylic acids is 2. The van der Waals surface area contributed by atoms with Gasteiger partial charge in [-0.2, -0.15) is 0 Å². The van der Waals surface area contributed by atoms with Crippen LogP contribution in [0, 0.1) is 0 Å². The van der Waals surface area contributed by atoms with Crippen molar-refractivity contribution in [3.05, 3.63) is 60.8 Å². The second-order valence-electron chi connectivity index (χ2n) is 14.6. The molecule has 0 aliphatic rings. The number of hydrogen-bond acceptors (Lipinski definition) is 10. The standard InChI is InChI=1S/C44H78O13P2/c1-3-5-7-9-11-13-15-17-18-19-20-21-22-24-26-28-30-32-34-36-44(47)57-42(40-56-59(51,52)55-38-41(45)37-54-58(48,49)50)39-53-43(46)35-33-31-29-27-25-23-16-14-12-10-8-6-4-2/h11,13-14,16-18,20-21,24,26,41-42,45H,3-10,12,15,19,22-23,25,27-40H2,1-2H3,(H,51,52)(H2,48,49,50). The van der Waals surface area contributed by atoms with Gasteiger partial charge in [-0.15, -0.1) is 0 Å². The van der Waals surface area contributed by atoms with Crippen LogP contribution in [0.3, 0.4) is 0 Å². The van der Waals surface area contributed by atoms with Crippen LogP contribution in [-0.4, -0.2) is 70.4 Å². The number of carbonyl (C=O) groups is 2. The fourth-order valence-corrected chi connectivity index (χ4v) is 6.66. The van der Waals surface area contributed by atoms with E-state index in [-0.39, 0.29) is 12.8 Å². The highest BCUT2D eigenvalue weighted by Gasteiger charge is 2.28. The van der Waals surface area contributed by atoms with E-state index in [0.29, 0.717) is 12.8 Å². The van der Waals surface area contributed by atoms with Crippen LogP contribution in [0.1, 0.15) is 168 Å². The summed E-state index contributed by atoms with van der Waals surface area (Å²) >= 11 is 0. The summed E-state index contributed by atoms with van der Waals surface area (Å²) in [6.07, 6.45) is 42.1. The number of phosphoric acid groups is 2. The fraction of sp³-hybridized carbons (Fsp3) is 0.727. The van der Waals surface area contributed by atoms with Crippen molar-refractivity contribution >= 4 is 27.6 Å². The van der Waals surface area contributed by atoms with E-state index in [9.17, 15) is 28.7 Å². The molecule has 0 heterocycles. The molecule has 0 rings (SSSR count). The van der Waals surface area contributed by atoms with Gasteiger partial charge in [0.15, 0.2) is 6.10 Å². The summed E-state index contributed by atoms with van der Waals surface area (Å²) in [5.41, 5.74) is 0. The lowest BCUT2D eigenvalue weighted by Crippen LogP contribution is -2.30. The molecule has 59 heavy (non-hydrogen) atoms. The van der Waals surface area contributed by atoms with Crippen molar-refractivity contribution in [1.82, 2.24) is 0 Å². The van der Waals surface area contributed by atoms with Crippen LogP contribution in [0.25, 0.3) is 0 Å². The molecule has 0 amide bonds. The van der Waals surface area contributed by atoms with Gasteiger partial charge >= 0.3 is 27.6 Å². The second-order valence-corrected chi connectivity index (χ2v) is 17.3. The summed E-state index contributed by atoms with van der Waals surface area (Å²) in [4.78, 5) is 52.7. The number of hydrogen-bond donors (Lipinski definition) is 4. The molecule has 4 N–H and O–H groups in total. The molecular formula is C44H78O13P2. The monoisotopic (exact) mass is 876 g/mol. The van der Waals surface area contributed by atoms with Gasteiger partial charge in [0.25, 0.3) is 0 Å². The first-order chi connectivity index (χ1) is 28.4. The number of allylic oxidation sites excluding steroid dienone is 10. The molecule has 0 saturated carbocycles. The molecule has 0 aliphatic carbocycles. The number of aliphatic hydroxyl groups excluding tert-OH is 1. The topological polar surface area (TPSA) is 195 Å². The molecule has 3 unspecified atom stereocenters. The van der Waals surface area contributed by atoms with E-state index in [2.05, 4.69) is 83.7 Å². The number of unbranched alkanes of at least 4 members (excludes halogenated alkanes) is 15. The average Bonchev–Trinajstić information content (AvgIpc) is 3.19. The van der Waals surface area contributed by atoms with E-state index in [0.717, 1.165) is 83.5 Å². The lowest BCUT2D eigenvalue weighted by Gasteiger charge is -2.20. The first-order valence-corrected chi connectivity index (χ1v) is 25.0. The summed E-state index contributed by atoms with van der Waals surface area (Å²) in [7, 11) is -9.69. The molecule has 0 bridgehead atoms. The number of rotatable bonds is 41. The van der Waals surface area contributed by atoms with Crippen molar-refractivity contribution in [1.29, 1.82) is 0 Å². The fourth-order valence-electron chi connectivity index (χ4n) is 5.50. The van der Waals surface area contributed by atoms with E-state index in [1.54, 1.807) is 0 Å². The SMILES string of the molecule is CCCCCC=CCC=CCC=CCC=CCCCCCC(=O)OC(COC(=O)CCCCCCCC=CCCCCCC)COP(=O)(O)OCC(O)COP(=O)(O)O. The molecular weight excluding hydrogens is 798 g/mol. The van der Waals surface area contributed by atoms with E-state index >= 15 is 0 Å². The van der Waals surface area contributed by atoms with Crippen LogP contribution in [0.2, 0.25) is 0 Å². The van der Waals surface area contributed by atoms with E-state index < -0.39 is 66.2 Å². The Balaban J connectivity index is 4.60. The van der Waals surface area contributed by atoms with Gasteiger partial charge in [0, 0.05) is 12.8 Å². The van der Waals surface area contributed by atoms with Crippen molar-refractivity contribution < 1.29 is 61.6 Å². The van der Waals surface area contributed by atoms with Crippen LogP contribution >= 0.6 is 15.6 Å². The first-order valence-electron chi connectivity index (χ1n) is 22.0. The smallest absolute Gasteiger partial charge is 0.462 e. The van der Waals surface area contributed by atoms with E-state index in [1.807, 2.05) is 0 Å². The van der Waals surface area contributed by atoms with Crippen molar-refractivity contribution in [3.8, 4) is 0 Å². The minimum Gasteiger partial charge on any atom is -0.462 e. The summed E-state index contributed by atoms with van der Waals surface area (Å²) in [6.45, 7) is 1.67. The van der Waals surface area contributed by atoms with Crippen molar-refractivity contribution in [2.45, 2.75) is 180 Å². The van der Waals surface area contributed by atoms with Crippen molar-refractivity contribution in [2.24, 2.45) is 0 Å². The summed E-state index contributed by atoms with van der Waals surface area (Å²) in [6, 6.07) is 0. The summed E-state index contributed by atoms with van der Waals surface area (Å²) in [5.74, 6) is -1.08. The minimum atomic E-state index is -4.87. The molecule has 3 atom stereocenters. The maximum atomic E-state index is 12.7. The van der Waals surface area contributed by atoms with Crippen LogP contribution in [0.5, 0.6) is 0 Å². The predicted octanol–water partition coefficient (Wildman–Crippen LogP) is 11.2. The Morgan fingerprint density at radius 2 is 0.881 bits per heavy atom. The van der Waals surface area contributed by atoms with Gasteiger partial charge in [0.2, 0.25) is 0 Å². The zero-order chi connectivity index (χ0) is 43.7. The molecule has 342 valence electrons. The Hall–Kier alpha value is -2.18. The molecule has 0 aromatic carbocycles. The third-order valence-corrected chi connectivity index (χ3v) is 10.3.